The highest BCUT2D eigenvalue weighted by molar-refractivity contribution is 14.1. The predicted octanol–water partition coefficient (Wildman–Crippen LogP) is 2.63. The van der Waals surface area contributed by atoms with Crippen LogP contribution >= 0.6 is 45.2 Å². The van der Waals surface area contributed by atoms with Gasteiger partial charge in [-0.3, -0.25) is 0 Å². The molecule has 1 fully saturated rings. The van der Waals surface area contributed by atoms with Gasteiger partial charge in [0.05, 0.1) is 0 Å². The molecular weight excluding hydrogens is 314 g/mol. The monoisotopic (exact) mass is 322 g/mol. The first-order chi connectivity index (χ1) is 3.22. The molecule has 2 heteroatoms. The Hall–Kier alpha value is 1.46. The Kier molecular flexibility index (Phi) is 2.23. The molecule has 42 valence electrons. The van der Waals surface area contributed by atoms with Crippen molar-refractivity contribution in [1.29, 1.82) is 0 Å². The third kappa shape index (κ3) is 1.23. The molecule has 0 saturated heterocycles. The standard InChI is InChI=1S/C5H8I2/c1-3-2-4(6)5(3)7/h3-5H,2H2,1H3. The lowest BCUT2D eigenvalue weighted by molar-refractivity contribution is 0.404. The largest absolute Gasteiger partial charge is 0.0815 e. The van der Waals surface area contributed by atoms with E-state index < -0.39 is 0 Å². The smallest absolute Gasteiger partial charge is 0.0254 e. The molecule has 1 aliphatic rings. The molecule has 0 aromatic carbocycles. The van der Waals surface area contributed by atoms with Gasteiger partial charge in [-0.05, 0) is 12.3 Å². The highest BCUT2D eigenvalue weighted by atomic mass is 127. The SMILES string of the molecule is CC1CC(I)C1I. The highest BCUT2D eigenvalue weighted by Gasteiger charge is 2.33. The molecule has 0 N–H and O–H groups in total. The molecule has 1 saturated carbocycles. The van der Waals surface area contributed by atoms with Crippen LogP contribution < -0.4 is 0 Å². The number of halogens is 2. The van der Waals surface area contributed by atoms with Gasteiger partial charge >= 0.3 is 0 Å². The predicted molar refractivity (Wildman–Crippen MR) is 49.4 cm³/mol. The Balaban J connectivity index is 2.29. The summed E-state index contributed by atoms with van der Waals surface area (Å²) < 4.78 is 1.92. The van der Waals surface area contributed by atoms with Crippen molar-refractivity contribution in [3.63, 3.8) is 0 Å². The zero-order valence-electron chi connectivity index (χ0n) is 4.20. The van der Waals surface area contributed by atoms with Gasteiger partial charge in [0, 0.05) is 7.85 Å². The van der Waals surface area contributed by atoms with Crippen LogP contribution in [0.4, 0.5) is 0 Å². The van der Waals surface area contributed by atoms with Crippen LogP contribution in [0.5, 0.6) is 0 Å². The number of rotatable bonds is 0. The van der Waals surface area contributed by atoms with E-state index in [1.807, 2.05) is 0 Å². The lowest BCUT2D eigenvalue weighted by Gasteiger charge is -2.34. The summed E-state index contributed by atoms with van der Waals surface area (Å²) in [7, 11) is 0. The van der Waals surface area contributed by atoms with Crippen LogP contribution in [0.15, 0.2) is 0 Å². The molecule has 0 nitrogen and oxygen atoms in total. The maximum atomic E-state index is 2.54. The van der Waals surface area contributed by atoms with Crippen LogP contribution in [0.25, 0.3) is 0 Å². The van der Waals surface area contributed by atoms with E-state index in [1.165, 1.54) is 6.42 Å². The molecular formula is C5H8I2. The van der Waals surface area contributed by atoms with Gasteiger partial charge in [0.2, 0.25) is 0 Å². The van der Waals surface area contributed by atoms with E-state index in [0.29, 0.717) is 0 Å². The lowest BCUT2D eigenvalue weighted by atomic mass is 9.87. The molecule has 0 radical (unpaired) electrons. The highest BCUT2D eigenvalue weighted by Crippen LogP contribution is 2.39. The van der Waals surface area contributed by atoms with Crippen LogP contribution in [0, 0.1) is 5.92 Å². The summed E-state index contributed by atoms with van der Waals surface area (Å²) in [6.45, 7) is 2.33. The first kappa shape index (κ1) is 6.58. The fraction of sp³-hybridized carbons (Fsp3) is 1.00. The molecule has 0 bridgehead atoms. The minimum atomic E-state index is 0.957. The average Bonchev–Trinajstić information content (AvgIpc) is 1.68. The van der Waals surface area contributed by atoms with E-state index in [-0.39, 0.29) is 0 Å². The van der Waals surface area contributed by atoms with Gasteiger partial charge in [-0.1, -0.05) is 52.1 Å². The molecule has 3 unspecified atom stereocenters. The summed E-state index contributed by atoms with van der Waals surface area (Å²) in [6, 6.07) is 0. The summed E-state index contributed by atoms with van der Waals surface area (Å²) in [5.41, 5.74) is 0. The first-order valence-corrected chi connectivity index (χ1v) is 4.99. The lowest BCUT2D eigenvalue weighted by Crippen LogP contribution is -2.35. The van der Waals surface area contributed by atoms with Crippen LogP contribution in [-0.4, -0.2) is 7.85 Å². The fourth-order valence-corrected chi connectivity index (χ4v) is 2.87. The van der Waals surface area contributed by atoms with Crippen molar-refractivity contribution >= 4 is 45.2 Å². The third-order valence-corrected chi connectivity index (χ3v) is 6.24. The zero-order chi connectivity index (χ0) is 5.44. The third-order valence-electron chi connectivity index (χ3n) is 1.49. The molecule has 0 spiro atoms. The maximum absolute atomic E-state index is 2.54. The average molecular weight is 322 g/mol. The second kappa shape index (κ2) is 2.37. The molecule has 0 aromatic rings. The van der Waals surface area contributed by atoms with Crippen LogP contribution in [0.1, 0.15) is 13.3 Å². The summed E-state index contributed by atoms with van der Waals surface area (Å²) in [6.07, 6.45) is 1.44. The summed E-state index contributed by atoms with van der Waals surface area (Å²) in [5, 5.41) is 0. The van der Waals surface area contributed by atoms with Crippen LogP contribution in [0.3, 0.4) is 0 Å². The second-order valence-electron chi connectivity index (χ2n) is 2.17. The van der Waals surface area contributed by atoms with E-state index in [0.717, 1.165) is 13.8 Å². The minimum Gasteiger partial charge on any atom is -0.0815 e. The Bertz CT molecular complexity index is 64.5. The van der Waals surface area contributed by atoms with Crippen molar-refractivity contribution < 1.29 is 0 Å². The van der Waals surface area contributed by atoms with Crippen LogP contribution in [0.2, 0.25) is 0 Å². The second-order valence-corrected chi connectivity index (χ2v) is 5.21. The van der Waals surface area contributed by atoms with E-state index in [2.05, 4.69) is 52.1 Å². The van der Waals surface area contributed by atoms with Gasteiger partial charge in [-0.2, -0.15) is 0 Å². The number of alkyl halides is 2. The summed E-state index contributed by atoms with van der Waals surface area (Å²) in [5.74, 6) is 0.988. The van der Waals surface area contributed by atoms with Gasteiger partial charge in [0.15, 0.2) is 0 Å². The van der Waals surface area contributed by atoms with Gasteiger partial charge in [0.25, 0.3) is 0 Å². The zero-order valence-corrected chi connectivity index (χ0v) is 8.51. The molecule has 0 heterocycles. The van der Waals surface area contributed by atoms with Crippen LogP contribution in [-0.2, 0) is 0 Å². The van der Waals surface area contributed by atoms with Crippen molar-refractivity contribution in [2.45, 2.75) is 21.2 Å². The van der Waals surface area contributed by atoms with E-state index >= 15 is 0 Å². The molecule has 1 rings (SSSR count). The molecule has 0 aromatic heterocycles. The first-order valence-electron chi connectivity index (χ1n) is 2.50. The fourth-order valence-electron chi connectivity index (χ4n) is 0.776. The Morgan fingerprint density at radius 3 is 2.00 bits per heavy atom. The normalized spacial score (nSPS) is 51.0. The van der Waals surface area contributed by atoms with Gasteiger partial charge in [0.1, 0.15) is 0 Å². The Morgan fingerprint density at radius 2 is 2.00 bits per heavy atom. The van der Waals surface area contributed by atoms with Crippen molar-refractivity contribution in [1.82, 2.24) is 0 Å². The van der Waals surface area contributed by atoms with E-state index in [9.17, 15) is 0 Å². The molecule has 0 amide bonds. The number of hydrogen-bond donors (Lipinski definition) is 0. The van der Waals surface area contributed by atoms with Gasteiger partial charge < -0.3 is 0 Å². The Morgan fingerprint density at radius 1 is 1.43 bits per heavy atom. The molecule has 1 aliphatic carbocycles. The molecule has 3 atom stereocenters. The van der Waals surface area contributed by atoms with Crippen molar-refractivity contribution in [3.8, 4) is 0 Å². The van der Waals surface area contributed by atoms with E-state index in [1.54, 1.807) is 0 Å². The van der Waals surface area contributed by atoms with Gasteiger partial charge in [-0.15, -0.1) is 0 Å². The van der Waals surface area contributed by atoms with E-state index in [4.69, 9.17) is 0 Å². The Labute approximate surface area is 71.7 Å². The molecule has 7 heavy (non-hydrogen) atoms. The summed E-state index contributed by atoms with van der Waals surface area (Å²) in [4.78, 5) is 0. The minimum absolute atomic E-state index is 0.957. The maximum Gasteiger partial charge on any atom is 0.0254 e. The number of hydrogen-bond acceptors (Lipinski definition) is 0. The quantitative estimate of drug-likeness (QED) is 0.475. The summed E-state index contributed by atoms with van der Waals surface area (Å²) >= 11 is 5.06. The van der Waals surface area contributed by atoms with Crippen molar-refractivity contribution in [2.24, 2.45) is 5.92 Å². The molecule has 0 aliphatic heterocycles. The van der Waals surface area contributed by atoms with Crippen molar-refractivity contribution in [2.75, 3.05) is 0 Å². The van der Waals surface area contributed by atoms with Gasteiger partial charge in [-0.25, -0.2) is 0 Å². The van der Waals surface area contributed by atoms with Crippen molar-refractivity contribution in [3.05, 3.63) is 0 Å². The topological polar surface area (TPSA) is 0 Å².